The van der Waals surface area contributed by atoms with Crippen molar-refractivity contribution < 1.29 is 30.0 Å². The highest BCUT2D eigenvalue weighted by Crippen LogP contribution is 2.37. The van der Waals surface area contributed by atoms with Gasteiger partial charge >= 0.3 is 5.97 Å². The van der Waals surface area contributed by atoms with Gasteiger partial charge in [0.25, 0.3) is 0 Å². The zero-order valence-corrected chi connectivity index (χ0v) is 9.55. The van der Waals surface area contributed by atoms with E-state index in [9.17, 15) is 20.1 Å². The number of halogens is 1. The van der Waals surface area contributed by atoms with Gasteiger partial charge in [-0.15, -0.1) is 0 Å². The number of aliphatic hydroxyl groups excluding tert-OH is 2. The lowest BCUT2D eigenvalue weighted by atomic mass is 10.0. The van der Waals surface area contributed by atoms with Crippen LogP contribution in [0.4, 0.5) is 0 Å². The molecule has 0 aliphatic carbocycles. The van der Waals surface area contributed by atoms with E-state index >= 15 is 0 Å². The van der Waals surface area contributed by atoms with Crippen molar-refractivity contribution in [2.75, 3.05) is 7.11 Å². The first-order chi connectivity index (χ1) is 7.88. The van der Waals surface area contributed by atoms with E-state index in [2.05, 4.69) is 0 Å². The van der Waals surface area contributed by atoms with Gasteiger partial charge in [-0.3, -0.25) is 0 Å². The average molecular weight is 263 g/mol. The summed E-state index contributed by atoms with van der Waals surface area (Å²) in [6, 6.07) is 2.34. The second-order valence-corrected chi connectivity index (χ2v) is 3.69. The van der Waals surface area contributed by atoms with Gasteiger partial charge in [0.05, 0.1) is 12.1 Å². The fourth-order valence-electron chi connectivity index (χ4n) is 1.24. The van der Waals surface area contributed by atoms with E-state index in [1.54, 1.807) is 0 Å². The largest absolute Gasteiger partial charge is 0.503 e. The van der Waals surface area contributed by atoms with E-state index in [0.29, 0.717) is 0 Å². The lowest BCUT2D eigenvalue weighted by Gasteiger charge is -2.16. The molecule has 0 saturated carbocycles. The van der Waals surface area contributed by atoms with E-state index in [4.69, 9.17) is 21.4 Å². The van der Waals surface area contributed by atoms with Crippen LogP contribution in [0.25, 0.3) is 0 Å². The summed E-state index contributed by atoms with van der Waals surface area (Å²) in [5, 5.41) is 36.6. The Kier molecular flexibility index (Phi) is 4.17. The molecule has 0 radical (unpaired) electrons. The Labute approximate surface area is 102 Å². The summed E-state index contributed by atoms with van der Waals surface area (Å²) in [6.07, 6.45) is -3.65. The molecular formula is C10H11ClO6. The predicted octanol–water partition coefficient (Wildman–Crippen LogP) is 0.533. The van der Waals surface area contributed by atoms with Crippen molar-refractivity contribution in [3.63, 3.8) is 0 Å². The van der Waals surface area contributed by atoms with Crippen LogP contribution in [0.2, 0.25) is 5.02 Å². The molecule has 2 unspecified atom stereocenters. The molecule has 7 heteroatoms. The Balaban J connectivity index is 3.15. The van der Waals surface area contributed by atoms with Gasteiger partial charge in [0.15, 0.2) is 17.6 Å². The normalized spacial score (nSPS) is 14.1. The number of hydrogen-bond acceptors (Lipinski definition) is 5. The second-order valence-electron chi connectivity index (χ2n) is 3.28. The van der Waals surface area contributed by atoms with Crippen LogP contribution in [-0.2, 0) is 4.79 Å². The Morgan fingerprint density at radius 3 is 2.47 bits per heavy atom. The standard InChI is InChI=1S/C10H11ClO6/c1-17-6-3-4(2-5(11)8(6)13)7(12)9(14)10(15)16/h2-3,7,9,12-14H,1H3,(H,15,16). The van der Waals surface area contributed by atoms with Crippen LogP contribution in [0.15, 0.2) is 12.1 Å². The fourth-order valence-corrected chi connectivity index (χ4v) is 1.46. The molecule has 0 spiro atoms. The molecule has 0 aliphatic rings. The number of carboxylic acid groups (broad SMARTS) is 1. The van der Waals surface area contributed by atoms with Crippen molar-refractivity contribution in [1.29, 1.82) is 0 Å². The van der Waals surface area contributed by atoms with Crippen LogP contribution in [0, 0.1) is 0 Å². The molecule has 0 fully saturated rings. The highest BCUT2D eigenvalue weighted by Gasteiger charge is 2.26. The van der Waals surface area contributed by atoms with Crippen LogP contribution in [0.1, 0.15) is 11.7 Å². The van der Waals surface area contributed by atoms with Gasteiger partial charge in [-0.1, -0.05) is 11.6 Å². The number of ether oxygens (including phenoxy) is 1. The van der Waals surface area contributed by atoms with Crippen molar-refractivity contribution >= 4 is 17.6 Å². The molecule has 94 valence electrons. The van der Waals surface area contributed by atoms with Crippen molar-refractivity contribution in [3.05, 3.63) is 22.7 Å². The number of rotatable bonds is 4. The van der Waals surface area contributed by atoms with E-state index in [1.165, 1.54) is 13.2 Å². The van der Waals surface area contributed by atoms with Gasteiger partial charge in [-0.25, -0.2) is 4.79 Å². The molecule has 2 atom stereocenters. The highest BCUT2D eigenvalue weighted by atomic mass is 35.5. The molecule has 0 aliphatic heterocycles. The van der Waals surface area contributed by atoms with Crippen molar-refractivity contribution in [1.82, 2.24) is 0 Å². The second kappa shape index (κ2) is 5.22. The zero-order chi connectivity index (χ0) is 13.2. The number of methoxy groups -OCH3 is 1. The number of carbonyl (C=O) groups is 1. The number of benzene rings is 1. The maximum absolute atomic E-state index is 10.5. The molecule has 1 aromatic rings. The first kappa shape index (κ1) is 13.6. The fraction of sp³-hybridized carbons (Fsp3) is 0.300. The van der Waals surface area contributed by atoms with Gasteiger partial charge in [0.2, 0.25) is 0 Å². The van der Waals surface area contributed by atoms with Crippen molar-refractivity contribution in [2.45, 2.75) is 12.2 Å². The molecule has 0 aromatic heterocycles. The molecule has 0 saturated heterocycles. The van der Waals surface area contributed by atoms with Gasteiger partial charge in [0, 0.05) is 0 Å². The third kappa shape index (κ3) is 2.79. The first-order valence-electron chi connectivity index (χ1n) is 4.53. The molecule has 6 nitrogen and oxygen atoms in total. The SMILES string of the molecule is COc1cc(C(O)C(O)C(=O)O)cc(Cl)c1O. The quantitative estimate of drug-likeness (QED) is 0.631. The lowest BCUT2D eigenvalue weighted by molar-refractivity contribution is -0.153. The van der Waals surface area contributed by atoms with Crippen LogP contribution in [0.3, 0.4) is 0 Å². The van der Waals surface area contributed by atoms with Gasteiger partial charge < -0.3 is 25.2 Å². The molecule has 4 N–H and O–H groups in total. The predicted molar refractivity (Wildman–Crippen MR) is 58.3 cm³/mol. The minimum Gasteiger partial charge on any atom is -0.503 e. The van der Waals surface area contributed by atoms with E-state index in [-0.39, 0.29) is 22.1 Å². The summed E-state index contributed by atoms with van der Waals surface area (Å²) < 4.78 is 4.78. The Morgan fingerprint density at radius 1 is 1.41 bits per heavy atom. The van der Waals surface area contributed by atoms with Gasteiger partial charge in [0.1, 0.15) is 6.10 Å². The number of phenolic OH excluding ortho intramolecular Hbond substituents is 1. The van der Waals surface area contributed by atoms with Crippen LogP contribution >= 0.6 is 11.6 Å². The van der Waals surface area contributed by atoms with E-state index in [0.717, 1.165) is 6.07 Å². The molecule has 0 bridgehead atoms. The monoisotopic (exact) mass is 262 g/mol. The summed E-state index contributed by atoms with van der Waals surface area (Å²) in [7, 11) is 1.27. The summed E-state index contributed by atoms with van der Waals surface area (Å²) >= 11 is 5.66. The molecule has 0 amide bonds. The van der Waals surface area contributed by atoms with Crippen LogP contribution in [-0.4, -0.2) is 39.6 Å². The van der Waals surface area contributed by atoms with Crippen molar-refractivity contribution in [3.8, 4) is 11.5 Å². The van der Waals surface area contributed by atoms with Crippen LogP contribution in [0.5, 0.6) is 11.5 Å². The lowest BCUT2D eigenvalue weighted by Crippen LogP contribution is -2.27. The highest BCUT2D eigenvalue weighted by molar-refractivity contribution is 6.32. The molecular weight excluding hydrogens is 252 g/mol. The Bertz CT molecular complexity index is 433. The molecule has 1 rings (SSSR count). The average Bonchev–Trinajstić information content (AvgIpc) is 2.30. The number of aliphatic carboxylic acids is 1. The zero-order valence-electron chi connectivity index (χ0n) is 8.79. The summed E-state index contributed by atoms with van der Waals surface area (Å²) in [5.74, 6) is -1.92. The third-order valence-electron chi connectivity index (χ3n) is 2.16. The van der Waals surface area contributed by atoms with E-state index < -0.39 is 18.2 Å². The Hall–Kier alpha value is -1.50. The number of hydrogen-bond donors (Lipinski definition) is 4. The molecule has 0 heterocycles. The van der Waals surface area contributed by atoms with Gasteiger partial charge in [-0.2, -0.15) is 0 Å². The Morgan fingerprint density at radius 2 is 2.00 bits per heavy atom. The number of phenols is 1. The minimum atomic E-state index is -1.99. The smallest absolute Gasteiger partial charge is 0.335 e. The topological polar surface area (TPSA) is 107 Å². The van der Waals surface area contributed by atoms with E-state index in [1.807, 2.05) is 0 Å². The van der Waals surface area contributed by atoms with Gasteiger partial charge in [-0.05, 0) is 17.7 Å². The molecule has 17 heavy (non-hydrogen) atoms. The molecule has 1 aromatic carbocycles. The minimum absolute atomic E-state index is 0.0239. The number of aliphatic hydroxyl groups is 2. The number of aromatic hydroxyl groups is 1. The maximum Gasteiger partial charge on any atom is 0.335 e. The third-order valence-corrected chi connectivity index (χ3v) is 2.45. The van der Waals surface area contributed by atoms with Crippen LogP contribution < -0.4 is 4.74 Å². The first-order valence-corrected chi connectivity index (χ1v) is 4.91. The number of carboxylic acids is 1. The summed E-state index contributed by atoms with van der Waals surface area (Å²) in [6.45, 7) is 0. The van der Waals surface area contributed by atoms with Crippen molar-refractivity contribution in [2.24, 2.45) is 0 Å². The summed E-state index contributed by atoms with van der Waals surface area (Å²) in [4.78, 5) is 10.5. The summed E-state index contributed by atoms with van der Waals surface area (Å²) in [5.41, 5.74) is 0.0274. The maximum atomic E-state index is 10.5.